The van der Waals surface area contributed by atoms with E-state index in [0.29, 0.717) is 11.6 Å². The molecule has 0 aromatic heterocycles. The smallest absolute Gasteiger partial charge is 0.289 e. The quantitative estimate of drug-likeness (QED) is 0.260. The maximum absolute atomic E-state index is 11.6. The molecular weight excluding hydrogens is 240 g/mol. The molecular formula is C11H10N2O5. The molecule has 0 heterocycles. The van der Waals surface area contributed by atoms with E-state index in [1.54, 1.807) is 18.2 Å². The molecule has 18 heavy (non-hydrogen) atoms. The lowest BCUT2D eigenvalue weighted by Gasteiger charge is -2.06. The van der Waals surface area contributed by atoms with E-state index in [2.05, 4.69) is 0 Å². The topological polar surface area (TPSA) is 103 Å². The van der Waals surface area contributed by atoms with Gasteiger partial charge in [0.2, 0.25) is 0 Å². The number of carbonyl (C=O) groups excluding carboxylic acids is 1. The Morgan fingerprint density at radius 2 is 1.67 bits per heavy atom. The fourth-order valence-electron chi connectivity index (χ4n) is 1.12. The predicted octanol–water partition coefficient (Wildman–Crippen LogP) is 1.70. The van der Waals surface area contributed by atoms with Gasteiger partial charge >= 0.3 is 5.66 Å². The van der Waals surface area contributed by atoms with Gasteiger partial charge in [-0.15, -0.1) is 0 Å². The van der Waals surface area contributed by atoms with E-state index >= 15 is 0 Å². The third-order valence-electron chi connectivity index (χ3n) is 2.35. The molecule has 0 spiro atoms. The van der Waals surface area contributed by atoms with E-state index in [0.717, 1.165) is 13.0 Å². The summed E-state index contributed by atoms with van der Waals surface area (Å²) in [6.45, 7) is 0.821. The van der Waals surface area contributed by atoms with Crippen molar-refractivity contribution < 1.29 is 14.6 Å². The lowest BCUT2D eigenvalue weighted by Crippen LogP contribution is -2.41. The molecule has 0 aliphatic rings. The maximum atomic E-state index is 11.6. The summed E-state index contributed by atoms with van der Waals surface area (Å²) in [4.78, 5) is 30.7. The first-order chi connectivity index (χ1) is 8.38. The summed E-state index contributed by atoms with van der Waals surface area (Å²) in [6, 6.07) is 7.99. The molecule has 0 atom stereocenters. The Hall–Kier alpha value is -2.57. The fourth-order valence-corrected chi connectivity index (χ4v) is 1.12. The molecule has 1 aromatic carbocycles. The summed E-state index contributed by atoms with van der Waals surface area (Å²) in [5.41, 5.74) is -2.19. The van der Waals surface area contributed by atoms with E-state index in [4.69, 9.17) is 0 Å². The Morgan fingerprint density at radius 3 is 2.11 bits per heavy atom. The molecule has 1 aromatic rings. The summed E-state index contributed by atoms with van der Waals surface area (Å²) in [5.74, 6) is -0.523. The maximum Gasteiger partial charge on any atom is 0.475 e. The van der Waals surface area contributed by atoms with Crippen LogP contribution in [0.15, 0.2) is 42.5 Å². The van der Waals surface area contributed by atoms with Crippen molar-refractivity contribution in [3.8, 4) is 0 Å². The number of ketones is 1. The molecule has 0 aliphatic carbocycles. The predicted molar refractivity (Wildman–Crippen MR) is 62.3 cm³/mol. The number of rotatable bonds is 5. The van der Waals surface area contributed by atoms with Crippen LogP contribution in [0.3, 0.4) is 0 Å². The third kappa shape index (κ3) is 2.76. The second kappa shape index (κ2) is 5.17. The molecule has 1 rings (SSSR count). The number of hydrogen-bond acceptors (Lipinski definition) is 5. The van der Waals surface area contributed by atoms with Gasteiger partial charge < -0.3 is 0 Å². The lowest BCUT2D eigenvalue weighted by atomic mass is 10.1. The van der Waals surface area contributed by atoms with Gasteiger partial charge in [-0.1, -0.05) is 30.3 Å². The highest BCUT2D eigenvalue weighted by Gasteiger charge is 2.47. The Labute approximate surface area is 102 Å². The van der Waals surface area contributed by atoms with Crippen molar-refractivity contribution in [2.24, 2.45) is 0 Å². The third-order valence-corrected chi connectivity index (χ3v) is 2.35. The van der Waals surface area contributed by atoms with Gasteiger partial charge in [0.05, 0.1) is 13.0 Å². The van der Waals surface area contributed by atoms with E-state index in [1.165, 1.54) is 12.1 Å². The fraction of sp³-hybridized carbons (Fsp3) is 0.182. The van der Waals surface area contributed by atoms with Gasteiger partial charge in [-0.05, 0) is 6.08 Å². The highest BCUT2D eigenvalue weighted by atomic mass is 16.7. The molecule has 0 saturated heterocycles. The Morgan fingerprint density at radius 1 is 1.17 bits per heavy atom. The van der Waals surface area contributed by atoms with Crippen molar-refractivity contribution in [1.29, 1.82) is 0 Å². The van der Waals surface area contributed by atoms with E-state index < -0.39 is 21.3 Å². The zero-order valence-corrected chi connectivity index (χ0v) is 9.48. The van der Waals surface area contributed by atoms with Crippen molar-refractivity contribution in [2.75, 3.05) is 0 Å². The summed E-state index contributed by atoms with van der Waals surface area (Å²) in [5, 5.41) is 21.2. The minimum Gasteiger partial charge on any atom is -0.289 e. The van der Waals surface area contributed by atoms with Crippen LogP contribution >= 0.6 is 0 Å². The second-order valence-corrected chi connectivity index (χ2v) is 3.67. The monoisotopic (exact) mass is 250 g/mol. The average molecular weight is 250 g/mol. The Bertz CT molecular complexity index is 495. The molecule has 0 amide bonds. The van der Waals surface area contributed by atoms with E-state index in [9.17, 15) is 25.0 Å². The minimum atomic E-state index is -2.50. The zero-order valence-electron chi connectivity index (χ0n) is 9.48. The first kappa shape index (κ1) is 13.5. The molecule has 94 valence electrons. The summed E-state index contributed by atoms with van der Waals surface area (Å²) >= 11 is 0. The van der Waals surface area contributed by atoms with Crippen molar-refractivity contribution in [3.05, 3.63) is 68.3 Å². The Balaban J connectivity index is 2.96. The molecule has 0 N–H and O–H groups in total. The van der Waals surface area contributed by atoms with Gasteiger partial charge in [-0.3, -0.25) is 25.0 Å². The van der Waals surface area contributed by atoms with Crippen molar-refractivity contribution in [3.63, 3.8) is 0 Å². The number of allylic oxidation sites excluding steroid dienone is 1. The van der Waals surface area contributed by atoms with Gasteiger partial charge in [0.15, 0.2) is 5.78 Å². The van der Waals surface area contributed by atoms with Crippen LogP contribution < -0.4 is 0 Å². The van der Waals surface area contributed by atoms with Crippen LogP contribution in [0.5, 0.6) is 0 Å². The number of benzene rings is 1. The molecule has 7 heteroatoms. The molecule has 0 bridgehead atoms. The highest BCUT2D eigenvalue weighted by molar-refractivity contribution is 6.04. The number of carbonyl (C=O) groups is 1. The molecule has 0 unspecified atom stereocenters. The molecule has 0 radical (unpaired) electrons. The van der Waals surface area contributed by atoms with Gasteiger partial charge in [0.1, 0.15) is 9.85 Å². The Kier molecular flexibility index (Phi) is 3.88. The van der Waals surface area contributed by atoms with Gasteiger partial charge in [0.25, 0.3) is 0 Å². The molecule has 0 fully saturated rings. The molecule has 0 aliphatic heterocycles. The average Bonchev–Trinajstić information content (AvgIpc) is 2.36. The number of nitrogens with zero attached hydrogens (tertiary/aromatic N) is 2. The summed E-state index contributed by atoms with van der Waals surface area (Å²) in [7, 11) is 0. The summed E-state index contributed by atoms with van der Waals surface area (Å²) < 4.78 is 0. The van der Waals surface area contributed by atoms with Gasteiger partial charge in [-0.2, -0.15) is 0 Å². The molecule has 7 nitrogen and oxygen atoms in total. The first-order valence-corrected chi connectivity index (χ1v) is 4.95. The van der Waals surface area contributed by atoms with Crippen LogP contribution in [-0.2, 0) is 0 Å². The largest absolute Gasteiger partial charge is 0.475 e. The van der Waals surface area contributed by atoms with Crippen LogP contribution in [0.2, 0.25) is 0 Å². The van der Waals surface area contributed by atoms with E-state index in [1.807, 2.05) is 0 Å². The number of nitro groups is 2. The van der Waals surface area contributed by atoms with Crippen LogP contribution in [0.1, 0.15) is 17.3 Å². The van der Waals surface area contributed by atoms with Crippen molar-refractivity contribution in [1.82, 2.24) is 0 Å². The van der Waals surface area contributed by atoms with Crippen LogP contribution in [0.4, 0.5) is 0 Å². The zero-order chi connectivity index (χ0) is 13.8. The highest BCUT2D eigenvalue weighted by Crippen LogP contribution is 2.12. The lowest BCUT2D eigenvalue weighted by molar-refractivity contribution is -0.776. The standard InChI is InChI=1S/C11H10N2O5/c1-11(12(15)16,13(17)18)8-7-10(14)9-5-3-2-4-6-9/h2-8H,1H3. The first-order valence-electron chi connectivity index (χ1n) is 4.95. The normalized spacial score (nSPS) is 11.4. The second-order valence-electron chi connectivity index (χ2n) is 3.67. The minimum absolute atomic E-state index is 0.308. The van der Waals surface area contributed by atoms with Gasteiger partial charge in [0, 0.05) is 5.56 Å². The SMILES string of the molecule is CC(C=CC(=O)c1ccccc1)([N+](=O)[O-])[N+](=O)[O-]. The van der Waals surface area contributed by atoms with Crippen LogP contribution in [0.25, 0.3) is 0 Å². The number of hydrogen-bond donors (Lipinski definition) is 0. The van der Waals surface area contributed by atoms with Crippen molar-refractivity contribution >= 4 is 5.78 Å². The van der Waals surface area contributed by atoms with Crippen molar-refractivity contribution in [2.45, 2.75) is 12.6 Å². The van der Waals surface area contributed by atoms with Crippen LogP contribution in [0, 0.1) is 20.2 Å². The molecule has 0 saturated carbocycles. The summed E-state index contributed by atoms with van der Waals surface area (Å²) in [6.07, 6.45) is 1.53. The van der Waals surface area contributed by atoms with Gasteiger partial charge in [-0.25, -0.2) is 0 Å². The van der Waals surface area contributed by atoms with E-state index in [-0.39, 0.29) is 0 Å². The van der Waals surface area contributed by atoms with Crippen LogP contribution in [-0.4, -0.2) is 21.3 Å².